The SMILES string of the molecule is Cc1c(Cl)csc1-c1nc(C(F)(F)F)cn1-c1ccc(S(N)(=O)=O)cc1. The van der Waals surface area contributed by atoms with E-state index in [4.69, 9.17) is 16.7 Å². The van der Waals surface area contributed by atoms with E-state index in [2.05, 4.69) is 4.98 Å². The Morgan fingerprint density at radius 3 is 2.31 bits per heavy atom. The molecule has 0 amide bonds. The highest BCUT2D eigenvalue weighted by Crippen LogP contribution is 2.38. The maximum atomic E-state index is 13.1. The summed E-state index contributed by atoms with van der Waals surface area (Å²) in [6.45, 7) is 1.69. The number of aromatic nitrogens is 2. The van der Waals surface area contributed by atoms with Crippen molar-refractivity contribution in [2.75, 3.05) is 0 Å². The molecule has 2 aromatic heterocycles. The van der Waals surface area contributed by atoms with Crippen LogP contribution in [0.5, 0.6) is 0 Å². The third kappa shape index (κ3) is 3.50. The summed E-state index contributed by atoms with van der Waals surface area (Å²) in [4.78, 5) is 4.06. The van der Waals surface area contributed by atoms with Gasteiger partial charge in [-0.05, 0) is 36.8 Å². The molecular weight excluding hydrogens is 411 g/mol. The molecule has 0 atom stereocenters. The summed E-state index contributed by atoms with van der Waals surface area (Å²) in [5.74, 6) is 0.0649. The molecule has 0 aliphatic carbocycles. The van der Waals surface area contributed by atoms with Gasteiger partial charge in [0.15, 0.2) is 11.5 Å². The number of sulfonamides is 1. The van der Waals surface area contributed by atoms with Crippen LogP contribution in [0.25, 0.3) is 16.4 Å². The molecule has 0 saturated heterocycles. The quantitative estimate of drug-likeness (QED) is 0.687. The minimum atomic E-state index is -4.63. The molecule has 0 bridgehead atoms. The molecule has 26 heavy (non-hydrogen) atoms. The smallest absolute Gasteiger partial charge is 0.298 e. The number of nitrogens with two attached hydrogens (primary N) is 1. The van der Waals surface area contributed by atoms with Crippen molar-refractivity contribution in [3.63, 3.8) is 0 Å². The third-order valence-electron chi connectivity index (χ3n) is 3.62. The van der Waals surface area contributed by atoms with Crippen molar-refractivity contribution in [1.82, 2.24) is 9.55 Å². The fraction of sp³-hybridized carbons (Fsp3) is 0.133. The van der Waals surface area contributed by atoms with Gasteiger partial charge in [0, 0.05) is 17.3 Å². The zero-order valence-corrected chi connectivity index (χ0v) is 15.5. The minimum Gasteiger partial charge on any atom is -0.298 e. The van der Waals surface area contributed by atoms with Crippen molar-refractivity contribution in [2.45, 2.75) is 18.0 Å². The first-order chi connectivity index (χ1) is 12.0. The Kier molecular flexibility index (Phi) is 4.63. The Balaban J connectivity index is 2.20. The van der Waals surface area contributed by atoms with Crippen LogP contribution >= 0.6 is 22.9 Å². The lowest BCUT2D eigenvalue weighted by Crippen LogP contribution is -2.12. The van der Waals surface area contributed by atoms with Gasteiger partial charge in [0.1, 0.15) is 0 Å². The van der Waals surface area contributed by atoms with Gasteiger partial charge < -0.3 is 0 Å². The lowest BCUT2D eigenvalue weighted by molar-refractivity contribution is -0.140. The van der Waals surface area contributed by atoms with Crippen LogP contribution in [0.4, 0.5) is 13.2 Å². The molecule has 0 aliphatic rings. The molecule has 0 saturated carbocycles. The number of nitrogens with zero attached hydrogens (tertiary/aromatic N) is 2. The van der Waals surface area contributed by atoms with Gasteiger partial charge in [0.05, 0.1) is 14.8 Å². The lowest BCUT2D eigenvalue weighted by atomic mass is 10.2. The molecular formula is C15H11ClF3N3O2S2. The second kappa shape index (κ2) is 6.38. The van der Waals surface area contributed by atoms with E-state index >= 15 is 0 Å². The summed E-state index contributed by atoms with van der Waals surface area (Å²) in [7, 11) is -3.91. The van der Waals surface area contributed by atoms with Crippen molar-refractivity contribution in [1.29, 1.82) is 0 Å². The zero-order chi connectivity index (χ0) is 19.3. The topological polar surface area (TPSA) is 78.0 Å². The summed E-state index contributed by atoms with van der Waals surface area (Å²) < 4.78 is 63.4. The number of primary sulfonamides is 1. The third-order valence-corrected chi connectivity index (χ3v) is 6.15. The highest BCUT2D eigenvalue weighted by molar-refractivity contribution is 7.89. The van der Waals surface area contributed by atoms with Crippen LogP contribution in [-0.4, -0.2) is 18.0 Å². The number of benzene rings is 1. The van der Waals surface area contributed by atoms with E-state index in [1.807, 2.05) is 0 Å². The predicted octanol–water partition coefficient (Wildman–Crippen LogP) is 4.23. The Hall–Kier alpha value is -1.88. The Morgan fingerprint density at radius 1 is 1.23 bits per heavy atom. The summed E-state index contributed by atoms with van der Waals surface area (Å²) >= 11 is 7.19. The van der Waals surface area contributed by atoms with Crippen LogP contribution < -0.4 is 5.14 Å². The average molecular weight is 422 g/mol. The predicted molar refractivity (Wildman–Crippen MR) is 93.0 cm³/mol. The van der Waals surface area contributed by atoms with Crippen molar-refractivity contribution < 1.29 is 21.6 Å². The van der Waals surface area contributed by atoms with Crippen LogP contribution in [-0.2, 0) is 16.2 Å². The number of alkyl halides is 3. The summed E-state index contributed by atoms with van der Waals surface area (Å²) in [5, 5.41) is 7.08. The van der Waals surface area contributed by atoms with Gasteiger partial charge in [-0.2, -0.15) is 13.2 Å². The molecule has 1 aromatic carbocycles. The van der Waals surface area contributed by atoms with Gasteiger partial charge in [0.2, 0.25) is 10.0 Å². The summed E-state index contributed by atoms with van der Waals surface area (Å²) in [5.41, 5.74) is -0.148. The number of thiophene rings is 1. The van der Waals surface area contributed by atoms with Crippen molar-refractivity contribution in [2.24, 2.45) is 5.14 Å². The van der Waals surface area contributed by atoms with Crippen LogP contribution in [0, 0.1) is 6.92 Å². The van der Waals surface area contributed by atoms with Crippen molar-refractivity contribution in [3.05, 3.63) is 52.1 Å². The summed E-state index contributed by atoms with van der Waals surface area (Å²) in [6.07, 6.45) is -3.77. The number of halogens is 4. The Labute approximate surface area is 155 Å². The van der Waals surface area contributed by atoms with Gasteiger partial charge in [-0.25, -0.2) is 18.5 Å². The Bertz CT molecular complexity index is 1070. The van der Waals surface area contributed by atoms with Gasteiger partial charge in [0.25, 0.3) is 0 Å². The molecule has 2 N–H and O–H groups in total. The molecule has 0 spiro atoms. The molecule has 3 rings (SSSR count). The first-order valence-corrected chi connectivity index (χ1v) is 9.82. The minimum absolute atomic E-state index is 0.0649. The first kappa shape index (κ1) is 18.9. The van der Waals surface area contributed by atoms with E-state index in [-0.39, 0.29) is 10.7 Å². The average Bonchev–Trinajstić information content (AvgIpc) is 3.11. The number of hydrogen-bond acceptors (Lipinski definition) is 4. The monoisotopic (exact) mass is 421 g/mol. The number of imidazole rings is 1. The van der Waals surface area contributed by atoms with Crippen LogP contribution in [0.2, 0.25) is 5.02 Å². The van der Waals surface area contributed by atoms with Crippen molar-refractivity contribution in [3.8, 4) is 16.4 Å². The van der Waals surface area contributed by atoms with E-state index in [0.29, 0.717) is 21.2 Å². The van der Waals surface area contributed by atoms with Gasteiger partial charge >= 0.3 is 6.18 Å². The fourth-order valence-corrected chi connectivity index (χ4v) is 4.02. The van der Waals surface area contributed by atoms with Crippen LogP contribution in [0.1, 0.15) is 11.3 Å². The maximum Gasteiger partial charge on any atom is 0.434 e. The van der Waals surface area contributed by atoms with E-state index in [1.165, 1.54) is 40.2 Å². The fourth-order valence-electron chi connectivity index (χ4n) is 2.29. The molecule has 3 aromatic rings. The molecule has 2 heterocycles. The summed E-state index contributed by atoms with van der Waals surface area (Å²) in [6, 6.07) is 5.15. The normalized spacial score (nSPS) is 12.5. The molecule has 0 aliphatic heterocycles. The standard InChI is InChI=1S/C15H11ClF3N3O2S2/c1-8-11(16)7-25-13(8)14-21-12(15(17,18)19)6-22(14)9-2-4-10(5-3-9)26(20,23)24/h2-7H,1H3,(H2,20,23,24). The van der Waals surface area contributed by atoms with E-state index in [1.54, 1.807) is 12.3 Å². The molecule has 5 nitrogen and oxygen atoms in total. The van der Waals surface area contributed by atoms with Crippen LogP contribution in [0.3, 0.4) is 0 Å². The van der Waals surface area contributed by atoms with E-state index < -0.39 is 21.9 Å². The van der Waals surface area contributed by atoms with E-state index in [0.717, 1.165) is 6.20 Å². The van der Waals surface area contributed by atoms with Gasteiger partial charge in [-0.1, -0.05) is 11.6 Å². The van der Waals surface area contributed by atoms with Crippen LogP contribution in [0.15, 0.2) is 40.7 Å². The second-order valence-corrected chi connectivity index (χ2v) is 8.24. The van der Waals surface area contributed by atoms with E-state index in [9.17, 15) is 21.6 Å². The first-order valence-electron chi connectivity index (χ1n) is 7.02. The molecule has 0 unspecified atom stereocenters. The largest absolute Gasteiger partial charge is 0.434 e. The molecule has 0 fully saturated rings. The highest BCUT2D eigenvalue weighted by Gasteiger charge is 2.35. The van der Waals surface area contributed by atoms with Gasteiger partial charge in [-0.3, -0.25) is 4.57 Å². The molecule has 0 radical (unpaired) electrons. The Morgan fingerprint density at radius 2 is 1.85 bits per heavy atom. The maximum absolute atomic E-state index is 13.1. The number of rotatable bonds is 3. The highest BCUT2D eigenvalue weighted by atomic mass is 35.5. The number of hydrogen-bond donors (Lipinski definition) is 1. The molecule has 11 heteroatoms. The second-order valence-electron chi connectivity index (χ2n) is 5.39. The van der Waals surface area contributed by atoms with Crippen molar-refractivity contribution >= 4 is 33.0 Å². The zero-order valence-electron chi connectivity index (χ0n) is 13.1. The van der Waals surface area contributed by atoms with Gasteiger partial charge in [-0.15, -0.1) is 11.3 Å². The lowest BCUT2D eigenvalue weighted by Gasteiger charge is -2.08. The molecule has 138 valence electrons.